The maximum Gasteiger partial charge on any atom is 0.141 e. The van der Waals surface area contributed by atoms with Gasteiger partial charge in [-0.2, -0.15) is 0 Å². The Bertz CT molecular complexity index is 494. The largest absolute Gasteiger partial charge is 0.316 e. The van der Waals surface area contributed by atoms with Crippen LogP contribution in [0.4, 0.5) is 0 Å². The fourth-order valence-electron chi connectivity index (χ4n) is 2.30. The summed E-state index contributed by atoms with van der Waals surface area (Å²) in [5.74, 6) is 1.55. The predicted octanol–water partition coefficient (Wildman–Crippen LogP) is 1.65. The molecule has 88 valence electrons. The Morgan fingerprint density at radius 2 is 2.12 bits per heavy atom. The standard InChI is InChI=1S/C13H16N4/c1-10-2-4-12(5-3-10)17-9-15-16-13(17)11-6-7-14-8-11/h2-5,9,11,14H,6-8H2,1H3. The zero-order valence-corrected chi connectivity index (χ0v) is 9.93. The zero-order valence-electron chi connectivity index (χ0n) is 9.93. The van der Waals surface area contributed by atoms with E-state index in [1.54, 1.807) is 6.33 Å². The molecule has 4 nitrogen and oxygen atoms in total. The molecule has 1 aliphatic rings. The monoisotopic (exact) mass is 228 g/mol. The average molecular weight is 228 g/mol. The van der Waals surface area contributed by atoms with Gasteiger partial charge in [0.2, 0.25) is 0 Å². The van der Waals surface area contributed by atoms with Crippen molar-refractivity contribution < 1.29 is 0 Å². The van der Waals surface area contributed by atoms with Gasteiger partial charge in [0.05, 0.1) is 0 Å². The summed E-state index contributed by atoms with van der Waals surface area (Å²) < 4.78 is 2.09. The molecule has 0 radical (unpaired) electrons. The highest BCUT2D eigenvalue weighted by molar-refractivity contribution is 5.35. The normalized spacial score (nSPS) is 19.7. The van der Waals surface area contributed by atoms with Crippen molar-refractivity contribution in [3.63, 3.8) is 0 Å². The highest BCUT2D eigenvalue weighted by Crippen LogP contribution is 2.22. The SMILES string of the molecule is Cc1ccc(-n2cnnc2C2CCNC2)cc1. The molecule has 17 heavy (non-hydrogen) atoms. The van der Waals surface area contributed by atoms with Crippen molar-refractivity contribution in [2.45, 2.75) is 19.3 Å². The van der Waals surface area contributed by atoms with Crippen molar-refractivity contribution in [1.82, 2.24) is 20.1 Å². The van der Waals surface area contributed by atoms with Crippen LogP contribution in [0.1, 0.15) is 23.7 Å². The van der Waals surface area contributed by atoms with E-state index in [-0.39, 0.29) is 0 Å². The molecule has 2 heterocycles. The molecule has 1 aromatic carbocycles. The number of hydrogen-bond acceptors (Lipinski definition) is 3. The smallest absolute Gasteiger partial charge is 0.141 e. The van der Waals surface area contributed by atoms with Crippen LogP contribution >= 0.6 is 0 Å². The van der Waals surface area contributed by atoms with Gasteiger partial charge in [0.15, 0.2) is 0 Å². The molecule has 1 fully saturated rings. The lowest BCUT2D eigenvalue weighted by molar-refractivity contribution is 0.682. The first-order valence-corrected chi connectivity index (χ1v) is 6.02. The maximum atomic E-state index is 4.27. The van der Waals surface area contributed by atoms with Gasteiger partial charge >= 0.3 is 0 Å². The molecule has 1 atom stereocenters. The number of hydrogen-bond donors (Lipinski definition) is 1. The summed E-state index contributed by atoms with van der Waals surface area (Å²) in [5.41, 5.74) is 2.41. The lowest BCUT2D eigenvalue weighted by atomic mass is 10.1. The van der Waals surface area contributed by atoms with Crippen molar-refractivity contribution in [2.24, 2.45) is 0 Å². The van der Waals surface area contributed by atoms with Crippen LogP contribution < -0.4 is 5.32 Å². The summed E-state index contributed by atoms with van der Waals surface area (Å²) in [6.45, 7) is 4.17. The van der Waals surface area contributed by atoms with Crippen LogP contribution in [0.2, 0.25) is 0 Å². The molecule has 1 N–H and O–H groups in total. The third-order valence-corrected chi connectivity index (χ3v) is 3.31. The van der Waals surface area contributed by atoms with E-state index in [1.165, 1.54) is 5.56 Å². The van der Waals surface area contributed by atoms with E-state index in [2.05, 4.69) is 51.3 Å². The summed E-state index contributed by atoms with van der Waals surface area (Å²) in [6.07, 6.45) is 2.95. The third kappa shape index (κ3) is 1.96. The second-order valence-electron chi connectivity index (χ2n) is 4.58. The summed E-state index contributed by atoms with van der Waals surface area (Å²) in [6, 6.07) is 8.47. The molecule has 0 bridgehead atoms. The lowest BCUT2D eigenvalue weighted by Crippen LogP contribution is -2.11. The number of nitrogens with zero attached hydrogens (tertiary/aromatic N) is 3. The quantitative estimate of drug-likeness (QED) is 0.850. The molecule has 2 aromatic rings. The van der Waals surface area contributed by atoms with Crippen molar-refractivity contribution in [1.29, 1.82) is 0 Å². The van der Waals surface area contributed by atoms with Crippen LogP contribution in [0.25, 0.3) is 5.69 Å². The van der Waals surface area contributed by atoms with Gasteiger partial charge in [-0.05, 0) is 32.0 Å². The molecule has 0 saturated carbocycles. The summed E-state index contributed by atoms with van der Waals surface area (Å²) in [7, 11) is 0. The second kappa shape index (κ2) is 4.30. The van der Waals surface area contributed by atoms with Crippen LogP contribution in [0, 0.1) is 6.92 Å². The van der Waals surface area contributed by atoms with Crippen LogP contribution in [0.15, 0.2) is 30.6 Å². The Morgan fingerprint density at radius 1 is 1.29 bits per heavy atom. The minimum atomic E-state index is 0.485. The number of aromatic nitrogens is 3. The Morgan fingerprint density at radius 3 is 2.82 bits per heavy atom. The number of rotatable bonds is 2. The van der Waals surface area contributed by atoms with Crippen LogP contribution in [-0.2, 0) is 0 Å². The fraction of sp³-hybridized carbons (Fsp3) is 0.385. The highest BCUT2D eigenvalue weighted by Gasteiger charge is 2.22. The molecule has 1 aromatic heterocycles. The van der Waals surface area contributed by atoms with Crippen LogP contribution in [-0.4, -0.2) is 27.9 Å². The van der Waals surface area contributed by atoms with E-state index in [0.29, 0.717) is 5.92 Å². The number of benzene rings is 1. The lowest BCUT2D eigenvalue weighted by Gasteiger charge is -2.10. The van der Waals surface area contributed by atoms with Gasteiger partial charge in [-0.25, -0.2) is 0 Å². The molecule has 1 unspecified atom stereocenters. The topological polar surface area (TPSA) is 42.7 Å². The molecule has 3 rings (SSSR count). The first-order valence-electron chi connectivity index (χ1n) is 6.02. The summed E-state index contributed by atoms with van der Waals surface area (Å²) in [4.78, 5) is 0. The molecule has 0 aliphatic carbocycles. The van der Waals surface area contributed by atoms with Gasteiger partial charge in [-0.3, -0.25) is 4.57 Å². The zero-order chi connectivity index (χ0) is 11.7. The van der Waals surface area contributed by atoms with E-state index >= 15 is 0 Å². The predicted molar refractivity (Wildman–Crippen MR) is 66.3 cm³/mol. The highest BCUT2D eigenvalue weighted by atomic mass is 15.3. The van der Waals surface area contributed by atoms with Crippen molar-refractivity contribution in [3.8, 4) is 5.69 Å². The van der Waals surface area contributed by atoms with Crippen molar-refractivity contribution in [2.75, 3.05) is 13.1 Å². The first-order chi connectivity index (χ1) is 8.34. The van der Waals surface area contributed by atoms with Gasteiger partial charge < -0.3 is 5.32 Å². The number of nitrogens with one attached hydrogen (secondary N) is 1. The summed E-state index contributed by atoms with van der Waals surface area (Å²) in [5, 5.41) is 11.7. The Kier molecular flexibility index (Phi) is 2.65. The van der Waals surface area contributed by atoms with E-state index in [9.17, 15) is 0 Å². The molecule has 1 aliphatic heterocycles. The minimum Gasteiger partial charge on any atom is -0.316 e. The van der Waals surface area contributed by atoms with Crippen molar-refractivity contribution >= 4 is 0 Å². The Hall–Kier alpha value is -1.68. The third-order valence-electron chi connectivity index (χ3n) is 3.31. The van der Waals surface area contributed by atoms with Crippen LogP contribution in [0.3, 0.4) is 0 Å². The van der Waals surface area contributed by atoms with Gasteiger partial charge in [-0.1, -0.05) is 17.7 Å². The van der Waals surface area contributed by atoms with Crippen molar-refractivity contribution in [3.05, 3.63) is 42.0 Å². The average Bonchev–Trinajstić information content (AvgIpc) is 3.00. The van der Waals surface area contributed by atoms with Gasteiger partial charge in [0.1, 0.15) is 12.2 Å². The second-order valence-corrected chi connectivity index (χ2v) is 4.58. The van der Waals surface area contributed by atoms with E-state index in [4.69, 9.17) is 0 Å². The van der Waals surface area contributed by atoms with Gasteiger partial charge in [-0.15, -0.1) is 10.2 Å². The maximum absolute atomic E-state index is 4.27. The molecule has 1 saturated heterocycles. The first kappa shape index (κ1) is 10.5. The van der Waals surface area contributed by atoms with E-state index < -0.39 is 0 Å². The van der Waals surface area contributed by atoms with Gasteiger partial charge in [0, 0.05) is 18.2 Å². The Labute approximate surface area is 101 Å². The summed E-state index contributed by atoms with van der Waals surface area (Å²) >= 11 is 0. The molecule has 0 spiro atoms. The molecular formula is C13H16N4. The molecule has 4 heteroatoms. The molecular weight excluding hydrogens is 212 g/mol. The van der Waals surface area contributed by atoms with E-state index in [0.717, 1.165) is 31.0 Å². The van der Waals surface area contributed by atoms with Crippen LogP contribution in [0.5, 0.6) is 0 Å². The minimum absolute atomic E-state index is 0.485. The van der Waals surface area contributed by atoms with E-state index in [1.807, 2.05) is 0 Å². The molecule has 0 amide bonds. The fourth-order valence-corrected chi connectivity index (χ4v) is 2.30. The Balaban J connectivity index is 1.97. The van der Waals surface area contributed by atoms with Gasteiger partial charge in [0.25, 0.3) is 0 Å². The number of aryl methyl sites for hydroxylation is 1.